The minimum atomic E-state index is 0.101. The van der Waals surface area contributed by atoms with E-state index >= 15 is 0 Å². The molecule has 0 aliphatic rings. The van der Waals surface area contributed by atoms with E-state index in [1.54, 1.807) is 24.5 Å². The molecule has 1 aromatic carbocycles. The maximum Gasteiger partial charge on any atom is 0.124 e. The van der Waals surface area contributed by atoms with Gasteiger partial charge in [0, 0.05) is 29.1 Å². The zero-order chi connectivity index (χ0) is 14.5. The largest absolute Gasteiger partial charge is 0.507 e. The van der Waals surface area contributed by atoms with Gasteiger partial charge in [0.1, 0.15) is 11.5 Å². The first-order chi connectivity index (χ1) is 9.60. The van der Waals surface area contributed by atoms with Crippen molar-refractivity contribution in [3.63, 3.8) is 0 Å². The molecule has 3 nitrogen and oxygen atoms in total. The number of methoxy groups -OCH3 is 1. The number of halogens is 1. The van der Waals surface area contributed by atoms with Gasteiger partial charge >= 0.3 is 0 Å². The van der Waals surface area contributed by atoms with Crippen LogP contribution in [0.25, 0.3) is 0 Å². The summed E-state index contributed by atoms with van der Waals surface area (Å²) in [4.78, 5) is 1.34. The van der Waals surface area contributed by atoms with E-state index < -0.39 is 0 Å². The number of nitrogens with one attached hydrogen (secondary N) is 1. The molecule has 0 aliphatic carbocycles. The van der Waals surface area contributed by atoms with Crippen LogP contribution in [0.4, 0.5) is 0 Å². The SMILES string of the molecule is COc1ccc(C(C)NCCc2ccc(Br)s2)c(O)c1. The molecule has 20 heavy (non-hydrogen) atoms. The third-order valence-electron chi connectivity index (χ3n) is 3.15. The van der Waals surface area contributed by atoms with Crippen molar-refractivity contribution < 1.29 is 9.84 Å². The number of benzene rings is 1. The minimum absolute atomic E-state index is 0.101. The minimum Gasteiger partial charge on any atom is -0.507 e. The zero-order valence-corrected chi connectivity index (χ0v) is 13.9. The summed E-state index contributed by atoms with van der Waals surface area (Å²) in [6, 6.07) is 9.70. The lowest BCUT2D eigenvalue weighted by molar-refractivity contribution is 0.404. The van der Waals surface area contributed by atoms with Crippen molar-refractivity contribution in [1.82, 2.24) is 5.32 Å². The number of hydrogen-bond acceptors (Lipinski definition) is 4. The molecule has 1 aromatic heterocycles. The lowest BCUT2D eigenvalue weighted by Gasteiger charge is -2.16. The molecule has 1 unspecified atom stereocenters. The van der Waals surface area contributed by atoms with Crippen molar-refractivity contribution >= 4 is 27.3 Å². The maximum atomic E-state index is 9.99. The molecule has 2 rings (SSSR count). The van der Waals surface area contributed by atoms with Gasteiger partial charge in [-0.1, -0.05) is 6.07 Å². The van der Waals surface area contributed by atoms with Gasteiger partial charge in [0.15, 0.2) is 0 Å². The van der Waals surface area contributed by atoms with E-state index in [-0.39, 0.29) is 11.8 Å². The van der Waals surface area contributed by atoms with E-state index in [4.69, 9.17) is 4.74 Å². The van der Waals surface area contributed by atoms with Gasteiger partial charge in [-0.2, -0.15) is 0 Å². The summed E-state index contributed by atoms with van der Waals surface area (Å²) < 4.78 is 6.25. The van der Waals surface area contributed by atoms with Crippen LogP contribution in [0.5, 0.6) is 11.5 Å². The Balaban J connectivity index is 1.89. The molecule has 0 saturated carbocycles. The fourth-order valence-electron chi connectivity index (χ4n) is 2.02. The molecule has 0 radical (unpaired) electrons. The lowest BCUT2D eigenvalue weighted by Crippen LogP contribution is -2.21. The van der Waals surface area contributed by atoms with Gasteiger partial charge in [-0.25, -0.2) is 0 Å². The first kappa shape index (κ1) is 15.4. The lowest BCUT2D eigenvalue weighted by atomic mass is 10.1. The molecule has 2 N–H and O–H groups in total. The van der Waals surface area contributed by atoms with Crippen LogP contribution in [0.3, 0.4) is 0 Å². The molecule has 0 bridgehead atoms. The second-order valence-electron chi connectivity index (χ2n) is 4.56. The second kappa shape index (κ2) is 7.11. The monoisotopic (exact) mass is 355 g/mol. The zero-order valence-electron chi connectivity index (χ0n) is 11.5. The molecule has 5 heteroatoms. The van der Waals surface area contributed by atoms with Crippen molar-refractivity contribution in [2.45, 2.75) is 19.4 Å². The summed E-state index contributed by atoms with van der Waals surface area (Å²) >= 11 is 5.22. The Morgan fingerprint density at radius 1 is 1.35 bits per heavy atom. The number of aromatic hydroxyl groups is 1. The van der Waals surface area contributed by atoms with E-state index in [1.807, 2.05) is 19.1 Å². The topological polar surface area (TPSA) is 41.5 Å². The molecule has 1 heterocycles. The number of thiophene rings is 1. The fraction of sp³-hybridized carbons (Fsp3) is 0.333. The van der Waals surface area contributed by atoms with Crippen LogP contribution in [-0.2, 0) is 6.42 Å². The summed E-state index contributed by atoms with van der Waals surface area (Å²) in [7, 11) is 1.59. The average Bonchev–Trinajstić information content (AvgIpc) is 2.84. The van der Waals surface area contributed by atoms with Crippen LogP contribution < -0.4 is 10.1 Å². The van der Waals surface area contributed by atoms with E-state index in [1.165, 1.54) is 4.88 Å². The molecular weight excluding hydrogens is 338 g/mol. The highest BCUT2D eigenvalue weighted by molar-refractivity contribution is 9.11. The van der Waals surface area contributed by atoms with Crippen LogP contribution in [0, 0.1) is 0 Å². The number of ether oxygens (including phenoxy) is 1. The van der Waals surface area contributed by atoms with Crippen LogP contribution in [0.1, 0.15) is 23.4 Å². The molecule has 1 atom stereocenters. The Morgan fingerprint density at radius 3 is 2.75 bits per heavy atom. The third kappa shape index (κ3) is 3.98. The molecule has 0 fully saturated rings. The highest BCUT2D eigenvalue weighted by Gasteiger charge is 2.10. The fourth-order valence-corrected chi connectivity index (χ4v) is 3.51. The van der Waals surface area contributed by atoms with Gasteiger partial charge in [-0.05, 0) is 47.5 Å². The van der Waals surface area contributed by atoms with E-state index in [0.29, 0.717) is 5.75 Å². The van der Waals surface area contributed by atoms with Crippen molar-refractivity contribution in [3.8, 4) is 11.5 Å². The molecule has 108 valence electrons. The second-order valence-corrected chi connectivity index (χ2v) is 7.10. The maximum absolute atomic E-state index is 9.99. The Morgan fingerprint density at radius 2 is 2.15 bits per heavy atom. The van der Waals surface area contributed by atoms with Crippen molar-refractivity contribution in [2.75, 3.05) is 13.7 Å². The van der Waals surface area contributed by atoms with Crippen LogP contribution in [0.15, 0.2) is 34.1 Å². The molecular formula is C15H18BrNO2S. The van der Waals surface area contributed by atoms with Gasteiger partial charge < -0.3 is 15.2 Å². The van der Waals surface area contributed by atoms with Gasteiger partial charge in [0.05, 0.1) is 10.9 Å². The van der Waals surface area contributed by atoms with Crippen molar-refractivity contribution in [3.05, 3.63) is 44.6 Å². The molecule has 0 amide bonds. The Hall–Kier alpha value is -1.04. The Bertz CT molecular complexity index is 571. The van der Waals surface area contributed by atoms with E-state index in [2.05, 4.69) is 33.4 Å². The number of phenols is 1. The van der Waals surface area contributed by atoms with Crippen molar-refractivity contribution in [1.29, 1.82) is 0 Å². The quantitative estimate of drug-likeness (QED) is 0.818. The van der Waals surface area contributed by atoms with Gasteiger partial charge in [-0.15, -0.1) is 11.3 Å². The standard InChI is InChI=1S/C15H18BrNO2S/c1-10(13-5-3-11(19-2)9-14(13)18)17-8-7-12-4-6-15(16)20-12/h3-6,9-10,17-18H,7-8H2,1-2H3. The molecule has 0 aliphatic heterocycles. The normalized spacial score (nSPS) is 12.3. The smallest absolute Gasteiger partial charge is 0.124 e. The molecule has 0 saturated heterocycles. The highest BCUT2D eigenvalue weighted by Crippen LogP contribution is 2.28. The first-order valence-electron chi connectivity index (χ1n) is 6.44. The highest BCUT2D eigenvalue weighted by atomic mass is 79.9. The van der Waals surface area contributed by atoms with Gasteiger partial charge in [0.2, 0.25) is 0 Å². The van der Waals surface area contributed by atoms with Gasteiger partial charge in [-0.3, -0.25) is 0 Å². The number of rotatable bonds is 6. The predicted molar refractivity (Wildman–Crippen MR) is 86.8 cm³/mol. The van der Waals surface area contributed by atoms with Crippen LogP contribution in [-0.4, -0.2) is 18.8 Å². The van der Waals surface area contributed by atoms with Gasteiger partial charge in [0.25, 0.3) is 0 Å². The Kier molecular flexibility index (Phi) is 5.46. The average molecular weight is 356 g/mol. The van der Waals surface area contributed by atoms with Crippen LogP contribution >= 0.6 is 27.3 Å². The van der Waals surface area contributed by atoms with E-state index in [9.17, 15) is 5.11 Å². The number of phenolic OH excluding ortho intramolecular Hbond substituents is 1. The third-order valence-corrected chi connectivity index (χ3v) is 4.84. The summed E-state index contributed by atoms with van der Waals surface area (Å²) in [5.74, 6) is 0.935. The number of hydrogen-bond donors (Lipinski definition) is 2. The summed E-state index contributed by atoms with van der Waals surface area (Å²) in [6.45, 7) is 2.92. The molecule has 0 spiro atoms. The van der Waals surface area contributed by atoms with E-state index in [0.717, 1.165) is 22.3 Å². The Labute approximate surface area is 131 Å². The van der Waals surface area contributed by atoms with Crippen LogP contribution in [0.2, 0.25) is 0 Å². The first-order valence-corrected chi connectivity index (χ1v) is 8.05. The summed E-state index contributed by atoms with van der Waals surface area (Å²) in [5.41, 5.74) is 0.887. The summed E-state index contributed by atoms with van der Waals surface area (Å²) in [6.07, 6.45) is 0.984. The molecule has 2 aromatic rings. The summed E-state index contributed by atoms with van der Waals surface area (Å²) in [5, 5.41) is 13.4. The predicted octanol–water partition coefficient (Wildman–Crippen LogP) is 4.12. The van der Waals surface area contributed by atoms with Crippen molar-refractivity contribution in [2.24, 2.45) is 0 Å².